The number of ether oxygens (including phenoxy) is 2. The lowest BCUT2D eigenvalue weighted by molar-refractivity contribution is -0.114. The third-order valence-corrected chi connectivity index (χ3v) is 4.02. The van der Waals surface area contributed by atoms with Crippen molar-refractivity contribution in [2.24, 2.45) is 5.73 Å². The topological polar surface area (TPSA) is 85.3 Å². The average molecular weight is 452 g/mol. The number of nitrogens with zero attached hydrogens (tertiary/aromatic N) is 1. The van der Waals surface area contributed by atoms with Crippen LogP contribution in [-0.2, 0) is 11.4 Å². The van der Waals surface area contributed by atoms with Gasteiger partial charge in [-0.2, -0.15) is 5.26 Å². The minimum atomic E-state index is -0.803. The molecule has 1 amide bonds. The highest BCUT2D eigenvalue weighted by molar-refractivity contribution is 14.1. The van der Waals surface area contributed by atoms with Crippen LogP contribution < -0.4 is 15.2 Å². The SMILES string of the molecule is COc1cc(/C=C(\C#N)C(N)=O)cc(I)c1OCc1cccc(F)c1. The Bertz CT molecular complexity index is 875. The molecule has 0 saturated heterocycles. The van der Waals surface area contributed by atoms with Gasteiger partial charge in [-0.1, -0.05) is 12.1 Å². The minimum absolute atomic E-state index is 0.161. The normalized spacial score (nSPS) is 10.9. The molecule has 0 radical (unpaired) electrons. The minimum Gasteiger partial charge on any atom is -0.493 e. The van der Waals surface area contributed by atoms with E-state index in [4.69, 9.17) is 20.5 Å². The van der Waals surface area contributed by atoms with Crippen LogP contribution in [0.25, 0.3) is 6.08 Å². The number of hydrogen-bond donors (Lipinski definition) is 1. The molecule has 5 nitrogen and oxygen atoms in total. The van der Waals surface area contributed by atoms with E-state index in [2.05, 4.69) is 22.6 Å². The molecule has 0 aliphatic carbocycles. The van der Waals surface area contributed by atoms with Crippen molar-refractivity contribution in [1.82, 2.24) is 0 Å². The molecule has 2 rings (SSSR count). The molecule has 128 valence electrons. The number of amides is 1. The average Bonchev–Trinajstić information content (AvgIpc) is 2.58. The Labute approximate surface area is 158 Å². The van der Waals surface area contributed by atoms with Crippen LogP contribution in [0.3, 0.4) is 0 Å². The third-order valence-electron chi connectivity index (χ3n) is 3.22. The van der Waals surface area contributed by atoms with Crippen molar-refractivity contribution in [3.63, 3.8) is 0 Å². The summed E-state index contributed by atoms with van der Waals surface area (Å²) in [5, 5.41) is 8.93. The van der Waals surface area contributed by atoms with Gasteiger partial charge in [-0.05, 0) is 64.1 Å². The van der Waals surface area contributed by atoms with Gasteiger partial charge in [-0.15, -0.1) is 0 Å². The van der Waals surface area contributed by atoms with Gasteiger partial charge in [0.05, 0.1) is 10.7 Å². The quantitative estimate of drug-likeness (QED) is 0.414. The van der Waals surface area contributed by atoms with Crippen LogP contribution >= 0.6 is 22.6 Å². The Morgan fingerprint density at radius 3 is 2.76 bits per heavy atom. The molecule has 0 bridgehead atoms. The van der Waals surface area contributed by atoms with Crippen LogP contribution in [0.2, 0.25) is 0 Å². The molecule has 0 unspecified atom stereocenters. The molecule has 0 aliphatic rings. The molecule has 7 heteroatoms. The lowest BCUT2D eigenvalue weighted by Gasteiger charge is -2.14. The maximum atomic E-state index is 13.2. The predicted octanol–water partition coefficient (Wildman–Crippen LogP) is 3.41. The largest absolute Gasteiger partial charge is 0.493 e. The van der Waals surface area contributed by atoms with Crippen LogP contribution in [-0.4, -0.2) is 13.0 Å². The van der Waals surface area contributed by atoms with Gasteiger partial charge in [0, 0.05) is 0 Å². The summed E-state index contributed by atoms with van der Waals surface area (Å²) in [5.74, 6) is -0.222. The van der Waals surface area contributed by atoms with E-state index in [1.165, 1.54) is 25.3 Å². The number of hydrogen-bond acceptors (Lipinski definition) is 4. The van der Waals surface area contributed by atoms with Crippen LogP contribution in [0.4, 0.5) is 4.39 Å². The summed E-state index contributed by atoms with van der Waals surface area (Å²) < 4.78 is 25.0. The van der Waals surface area contributed by atoms with E-state index in [-0.39, 0.29) is 18.0 Å². The predicted molar refractivity (Wildman–Crippen MR) is 99.2 cm³/mol. The van der Waals surface area contributed by atoms with Crippen LogP contribution in [0.5, 0.6) is 11.5 Å². The molecule has 0 saturated carbocycles. The number of primary amides is 1. The summed E-state index contributed by atoms with van der Waals surface area (Å²) in [6, 6.07) is 11.2. The fourth-order valence-electron chi connectivity index (χ4n) is 2.07. The van der Waals surface area contributed by atoms with Crippen molar-refractivity contribution in [2.45, 2.75) is 6.61 Å². The molecule has 0 atom stereocenters. The summed E-state index contributed by atoms with van der Waals surface area (Å²) in [6.45, 7) is 0.171. The van der Waals surface area contributed by atoms with Gasteiger partial charge in [-0.3, -0.25) is 4.79 Å². The van der Waals surface area contributed by atoms with Gasteiger partial charge in [0.2, 0.25) is 0 Å². The van der Waals surface area contributed by atoms with Crippen molar-refractivity contribution in [2.75, 3.05) is 7.11 Å². The van der Waals surface area contributed by atoms with Crippen molar-refractivity contribution in [3.05, 3.63) is 62.5 Å². The second-order valence-electron chi connectivity index (χ2n) is 4.99. The lowest BCUT2D eigenvalue weighted by atomic mass is 10.1. The highest BCUT2D eigenvalue weighted by Crippen LogP contribution is 2.35. The Kier molecular flexibility index (Phi) is 6.36. The number of carbonyl (C=O) groups excluding carboxylic acids is 1. The zero-order chi connectivity index (χ0) is 18.4. The number of nitriles is 1. The Hall–Kier alpha value is -2.60. The molecule has 0 aromatic heterocycles. The van der Waals surface area contributed by atoms with E-state index < -0.39 is 5.91 Å². The fraction of sp³-hybridized carbons (Fsp3) is 0.111. The number of carbonyl (C=O) groups is 1. The molecule has 0 spiro atoms. The first kappa shape index (κ1) is 18.7. The van der Waals surface area contributed by atoms with Crippen LogP contribution in [0.1, 0.15) is 11.1 Å². The van der Waals surface area contributed by atoms with Gasteiger partial charge in [0.15, 0.2) is 11.5 Å². The molecule has 2 aromatic rings. The number of methoxy groups -OCH3 is 1. The molecule has 0 heterocycles. The second-order valence-corrected chi connectivity index (χ2v) is 6.15. The Morgan fingerprint density at radius 1 is 1.40 bits per heavy atom. The summed E-state index contributed by atoms with van der Waals surface area (Å²) in [6.07, 6.45) is 1.38. The highest BCUT2D eigenvalue weighted by Gasteiger charge is 2.13. The van der Waals surface area contributed by atoms with Gasteiger partial charge < -0.3 is 15.2 Å². The van der Waals surface area contributed by atoms with Crippen molar-refractivity contribution >= 4 is 34.6 Å². The fourth-order valence-corrected chi connectivity index (χ4v) is 2.85. The summed E-state index contributed by atoms with van der Waals surface area (Å²) in [4.78, 5) is 11.2. The maximum absolute atomic E-state index is 13.2. The zero-order valence-electron chi connectivity index (χ0n) is 13.3. The number of rotatable bonds is 6. The molecular formula is C18H14FIN2O3. The molecular weight excluding hydrogens is 438 g/mol. The van der Waals surface area contributed by atoms with Crippen molar-refractivity contribution < 1.29 is 18.7 Å². The zero-order valence-corrected chi connectivity index (χ0v) is 15.4. The summed E-state index contributed by atoms with van der Waals surface area (Å²) in [5.41, 5.74) is 6.24. The summed E-state index contributed by atoms with van der Waals surface area (Å²) >= 11 is 2.05. The first-order valence-corrected chi connectivity index (χ1v) is 8.19. The van der Waals surface area contributed by atoms with Gasteiger partial charge in [0.25, 0.3) is 5.91 Å². The highest BCUT2D eigenvalue weighted by atomic mass is 127. The van der Waals surface area contributed by atoms with E-state index in [0.717, 1.165) is 0 Å². The van der Waals surface area contributed by atoms with Gasteiger partial charge in [0.1, 0.15) is 24.1 Å². The van der Waals surface area contributed by atoms with E-state index in [0.29, 0.717) is 26.2 Å². The molecule has 25 heavy (non-hydrogen) atoms. The van der Waals surface area contributed by atoms with E-state index >= 15 is 0 Å². The van der Waals surface area contributed by atoms with E-state index in [1.807, 2.05) is 0 Å². The van der Waals surface area contributed by atoms with Crippen molar-refractivity contribution in [1.29, 1.82) is 5.26 Å². The van der Waals surface area contributed by atoms with Gasteiger partial charge >= 0.3 is 0 Å². The number of benzene rings is 2. The van der Waals surface area contributed by atoms with Crippen LogP contribution in [0, 0.1) is 20.7 Å². The lowest BCUT2D eigenvalue weighted by Crippen LogP contribution is -2.12. The standard InChI is InChI=1S/C18H14FIN2O3/c1-24-16-8-12(5-13(9-21)18(22)23)7-15(20)17(16)25-10-11-3-2-4-14(19)6-11/h2-8H,10H2,1H3,(H2,22,23)/b13-5+. The van der Waals surface area contributed by atoms with E-state index in [1.54, 1.807) is 30.3 Å². The molecule has 0 aliphatic heterocycles. The Balaban J connectivity index is 2.31. The van der Waals surface area contributed by atoms with Crippen LogP contribution in [0.15, 0.2) is 42.0 Å². The molecule has 2 aromatic carbocycles. The first-order chi connectivity index (χ1) is 11.9. The number of nitrogens with two attached hydrogens (primary N) is 1. The second kappa shape index (κ2) is 8.48. The smallest absolute Gasteiger partial charge is 0.259 e. The maximum Gasteiger partial charge on any atom is 0.259 e. The summed E-state index contributed by atoms with van der Waals surface area (Å²) in [7, 11) is 1.48. The number of halogens is 2. The third kappa shape index (κ3) is 4.93. The molecule has 2 N–H and O–H groups in total. The van der Waals surface area contributed by atoms with Gasteiger partial charge in [-0.25, -0.2) is 4.39 Å². The monoisotopic (exact) mass is 452 g/mol. The Morgan fingerprint density at radius 2 is 2.16 bits per heavy atom. The molecule has 0 fully saturated rings. The van der Waals surface area contributed by atoms with E-state index in [9.17, 15) is 9.18 Å². The first-order valence-electron chi connectivity index (χ1n) is 7.11. The van der Waals surface area contributed by atoms with Crippen molar-refractivity contribution in [3.8, 4) is 17.6 Å².